The standard InChI is InChI=1S/C20H22N4O3/c1-23(2)18-8-5-16(13-21-18)22-19(26)20(27)24-11-9-15(10-12-24)14-3-6-17(25)7-4-14/h3-9,13,25H,10-12H2,1-2H3,(H,22,26). The fourth-order valence-electron chi connectivity index (χ4n) is 2.84. The van der Waals surface area contributed by atoms with Gasteiger partial charge in [-0.2, -0.15) is 0 Å². The lowest BCUT2D eigenvalue weighted by Crippen LogP contribution is -2.41. The van der Waals surface area contributed by atoms with Crippen LogP contribution in [0.3, 0.4) is 0 Å². The van der Waals surface area contributed by atoms with E-state index < -0.39 is 11.8 Å². The van der Waals surface area contributed by atoms with Crippen molar-refractivity contribution in [3.63, 3.8) is 0 Å². The van der Waals surface area contributed by atoms with Gasteiger partial charge in [0.2, 0.25) is 0 Å². The van der Waals surface area contributed by atoms with E-state index in [0.29, 0.717) is 25.2 Å². The first-order chi connectivity index (χ1) is 12.9. The van der Waals surface area contributed by atoms with E-state index in [4.69, 9.17) is 0 Å². The number of aromatic nitrogens is 1. The van der Waals surface area contributed by atoms with E-state index >= 15 is 0 Å². The minimum atomic E-state index is -0.670. The van der Waals surface area contributed by atoms with Gasteiger partial charge >= 0.3 is 11.8 Å². The fourth-order valence-corrected chi connectivity index (χ4v) is 2.84. The van der Waals surface area contributed by atoms with Crippen molar-refractivity contribution in [3.8, 4) is 5.75 Å². The molecule has 3 rings (SSSR count). The van der Waals surface area contributed by atoms with Gasteiger partial charge < -0.3 is 20.2 Å². The second-order valence-corrected chi connectivity index (χ2v) is 6.53. The lowest BCUT2D eigenvalue weighted by molar-refractivity contribution is -0.142. The van der Waals surface area contributed by atoms with Crippen molar-refractivity contribution < 1.29 is 14.7 Å². The van der Waals surface area contributed by atoms with Crippen LogP contribution in [-0.4, -0.2) is 54.0 Å². The summed E-state index contributed by atoms with van der Waals surface area (Å²) in [7, 11) is 3.75. The number of phenolic OH excluding ortho intramolecular Hbond substituents is 1. The average molecular weight is 366 g/mol. The third-order valence-corrected chi connectivity index (χ3v) is 4.39. The van der Waals surface area contributed by atoms with E-state index in [-0.39, 0.29) is 5.75 Å². The number of phenols is 1. The highest BCUT2D eigenvalue weighted by Gasteiger charge is 2.24. The van der Waals surface area contributed by atoms with E-state index in [2.05, 4.69) is 10.3 Å². The monoisotopic (exact) mass is 366 g/mol. The minimum Gasteiger partial charge on any atom is -0.508 e. The van der Waals surface area contributed by atoms with Crippen molar-refractivity contribution >= 4 is 28.9 Å². The zero-order valence-corrected chi connectivity index (χ0v) is 15.3. The molecule has 0 fully saturated rings. The van der Waals surface area contributed by atoms with E-state index in [1.165, 1.54) is 11.1 Å². The number of pyridine rings is 1. The number of nitrogens with zero attached hydrogens (tertiary/aromatic N) is 3. The van der Waals surface area contributed by atoms with Gasteiger partial charge in [0.15, 0.2) is 0 Å². The summed E-state index contributed by atoms with van der Waals surface area (Å²) in [4.78, 5) is 32.2. The first kappa shape index (κ1) is 18.4. The van der Waals surface area contributed by atoms with Gasteiger partial charge in [-0.05, 0) is 41.8 Å². The van der Waals surface area contributed by atoms with Crippen LogP contribution in [0.2, 0.25) is 0 Å². The van der Waals surface area contributed by atoms with Crippen LogP contribution in [0, 0.1) is 0 Å². The Morgan fingerprint density at radius 2 is 1.89 bits per heavy atom. The van der Waals surface area contributed by atoms with Crippen molar-refractivity contribution in [2.45, 2.75) is 6.42 Å². The quantitative estimate of drug-likeness (QED) is 0.813. The van der Waals surface area contributed by atoms with E-state index in [0.717, 1.165) is 17.0 Å². The lowest BCUT2D eigenvalue weighted by Gasteiger charge is -2.26. The van der Waals surface area contributed by atoms with Gasteiger partial charge in [-0.15, -0.1) is 0 Å². The number of rotatable bonds is 3. The van der Waals surface area contributed by atoms with Gasteiger partial charge in [-0.25, -0.2) is 4.98 Å². The predicted molar refractivity (Wildman–Crippen MR) is 104 cm³/mol. The number of carbonyl (C=O) groups is 2. The molecule has 7 nitrogen and oxygen atoms in total. The average Bonchev–Trinajstić information content (AvgIpc) is 2.68. The fraction of sp³-hybridized carbons (Fsp3) is 0.250. The summed E-state index contributed by atoms with van der Waals surface area (Å²) < 4.78 is 0. The number of anilines is 2. The number of nitrogens with one attached hydrogen (secondary N) is 1. The maximum atomic E-state index is 12.4. The molecule has 1 aromatic carbocycles. The number of hydrogen-bond acceptors (Lipinski definition) is 5. The Labute approximate surface area is 157 Å². The van der Waals surface area contributed by atoms with Crippen molar-refractivity contribution in [2.24, 2.45) is 0 Å². The summed E-state index contributed by atoms with van der Waals surface area (Å²) in [6.07, 6.45) is 4.12. The molecule has 0 bridgehead atoms. The van der Waals surface area contributed by atoms with Gasteiger partial charge in [-0.3, -0.25) is 9.59 Å². The smallest absolute Gasteiger partial charge is 0.313 e. The third kappa shape index (κ3) is 4.44. The Kier molecular flexibility index (Phi) is 5.40. The number of amides is 2. The molecular formula is C20H22N4O3. The highest BCUT2D eigenvalue weighted by molar-refractivity contribution is 6.39. The van der Waals surface area contributed by atoms with Crippen LogP contribution in [0.5, 0.6) is 5.75 Å². The van der Waals surface area contributed by atoms with Gasteiger partial charge in [0.25, 0.3) is 0 Å². The molecule has 0 saturated carbocycles. The van der Waals surface area contributed by atoms with Gasteiger partial charge in [-0.1, -0.05) is 18.2 Å². The summed E-state index contributed by atoms with van der Waals surface area (Å²) >= 11 is 0. The molecule has 2 aromatic rings. The van der Waals surface area contributed by atoms with E-state index in [1.807, 2.05) is 37.2 Å². The molecular weight excluding hydrogens is 344 g/mol. The second-order valence-electron chi connectivity index (χ2n) is 6.53. The molecule has 0 aliphatic carbocycles. The Balaban J connectivity index is 1.59. The van der Waals surface area contributed by atoms with Crippen LogP contribution in [0.4, 0.5) is 11.5 Å². The van der Waals surface area contributed by atoms with Crippen LogP contribution in [0.15, 0.2) is 48.7 Å². The molecule has 0 spiro atoms. The van der Waals surface area contributed by atoms with Gasteiger partial charge in [0.1, 0.15) is 11.6 Å². The van der Waals surface area contributed by atoms with Crippen LogP contribution >= 0.6 is 0 Å². The molecule has 0 radical (unpaired) electrons. The maximum Gasteiger partial charge on any atom is 0.313 e. The molecule has 7 heteroatoms. The number of aromatic hydroxyl groups is 1. The van der Waals surface area contributed by atoms with E-state index in [9.17, 15) is 14.7 Å². The third-order valence-electron chi connectivity index (χ3n) is 4.39. The van der Waals surface area contributed by atoms with Crippen LogP contribution in [0.25, 0.3) is 5.57 Å². The molecule has 0 saturated heterocycles. The number of benzene rings is 1. The van der Waals surface area contributed by atoms with Crippen molar-refractivity contribution in [1.29, 1.82) is 0 Å². The number of hydrogen-bond donors (Lipinski definition) is 2. The van der Waals surface area contributed by atoms with Crippen molar-refractivity contribution in [2.75, 3.05) is 37.4 Å². The summed E-state index contributed by atoms with van der Waals surface area (Å²) in [5.41, 5.74) is 2.59. The molecule has 2 amide bonds. The molecule has 2 N–H and O–H groups in total. The first-order valence-corrected chi connectivity index (χ1v) is 8.66. The summed E-state index contributed by atoms with van der Waals surface area (Å²) in [5, 5.41) is 12.0. The van der Waals surface area contributed by atoms with Gasteiger partial charge in [0, 0.05) is 27.2 Å². The largest absolute Gasteiger partial charge is 0.508 e. The highest BCUT2D eigenvalue weighted by atomic mass is 16.3. The maximum absolute atomic E-state index is 12.4. The molecule has 0 atom stereocenters. The zero-order chi connectivity index (χ0) is 19.4. The molecule has 1 aliphatic heterocycles. The summed E-state index contributed by atoms with van der Waals surface area (Å²) in [6.45, 7) is 0.844. The summed E-state index contributed by atoms with van der Waals surface area (Å²) in [6, 6.07) is 10.4. The summed E-state index contributed by atoms with van der Waals surface area (Å²) in [5.74, 6) is -0.248. The molecule has 1 aliphatic rings. The Hall–Kier alpha value is -3.35. The SMILES string of the molecule is CN(C)c1ccc(NC(=O)C(=O)N2CC=C(c3ccc(O)cc3)CC2)cn1. The number of carbonyl (C=O) groups excluding carboxylic acids is 2. The Morgan fingerprint density at radius 3 is 2.44 bits per heavy atom. The molecule has 27 heavy (non-hydrogen) atoms. The molecule has 1 aromatic heterocycles. The van der Waals surface area contributed by atoms with Crippen LogP contribution in [0.1, 0.15) is 12.0 Å². The lowest BCUT2D eigenvalue weighted by atomic mass is 9.99. The Bertz CT molecular complexity index is 858. The highest BCUT2D eigenvalue weighted by Crippen LogP contribution is 2.24. The first-order valence-electron chi connectivity index (χ1n) is 8.66. The van der Waals surface area contributed by atoms with Crippen molar-refractivity contribution in [1.82, 2.24) is 9.88 Å². The van der Waals surface area contributed by atoms with Gasteiger partial charge in [0.05, 0.1) is 11.9 Å². The second kappa shape index (κ2) is 7.90. The predicted octanol–water partition coefficient (Wildman–Crippen LogP) is 2.11. The topological polar surface area (TPSA) is 85.8 Å². The minimum absolute atomic E-state index is 0.219. The van der Waals surface area contributed by atoms with E-state index in [1.54, 1.807) is 24.3 Å². The normalized spacial score (nSPS) is 13.7. The molecule has 2 heterocycles. The van der Waals surface area contributed by atoms with Crippen LogP contribution in [-0.2, 0) is 9.59 Å². The zero-order valence-electron chi connectivity index (χ0n) is 15.3. The Morgan fingerprint density at radius 1 is 1.15 bits per heavy atom. The van der Waals surface area contributed by atoms with Crippen molar-refractivity contribution in [3.05, 3.63) is 54.2 Å². The van der Waals surface area contributed by atoms with Crippen LogP contribution < -0.4 is 10.2 Å². The molecule has 0 unspecified atom stereocenters. The molecule has 140 valence electrons.